The maximum atomic E-state index is 11.2. The molecule has 0 saturated carbocycles. The van der Waals surface area contributed by atoms with Crippen LogP contribution in [-0.2, 0) is 10.0 Å². The molecule has 0 saturated heterocycles. The van der Waals surface area contributed by atoms with E-state index in [0.29, 0.717) is 5.56 Å². The molecule has 6 heteroatoms. The number of nitro groups is 1. The van der Waals surface area contributed by atoms with Gasteiger partial charge >= 0.3 is 0 Å². The fourth-order valence-electron chi connectivity index (χ4n) is 1.88. The Balaban J connectivity index is 3.39. The second-order valence-electron chi connectivity index (χ2n) is 5.39. The molecule has 1 aromatic rings. The first kappa shape index (κ1) is 15.3. The maximum absolute atomic E-state index is 11.2. The summed E-state index contributed by atoms with van der Waals surface area (Å²) in [7, 11) is -2.13. The molecule has 1 rings (SSSR count). The van der Waals surface area contributed by atoms with Gasteiger partial charge in [-0.1, -0.05) is 30.3 Å². The third kappa shape index (κ3) is 3.40. The summed E-state index contributed by atoms with van der Waals surface area (Å²) in [5.74, 6) is 0. The van der Waals surface area contributed by atoms with E-state index in [1.54, 1.807) is 30.3 Å². The van der Waals surface area contributed by atoms with Crippen LogP contribution in [0.4, 0.5) is 0 Å². The number of nitriles is 1. The Labute approximate surface area is 114 Å². The summed E-state index contributed by atoms with van der Waals surface area (Å²) in [5.41, 5.74) is -1.00. The Morgan fingerprint density at radius 1 is 1.37 bits per heavy atom. The zero-order chi connectivity index (χ0) is 14.7. The number of hydrogen-bond donors (Lipinski definition) is 0. The van der Waals surface area contributed by atoms with Crippen molar-refractivity contribution in [1.29, 1.82) is 5.26 Å². The summed E-state index contributed by atoms with van der Waals surface area (Å²) in [4.78, 5) is 10.7. The van der Waals surface area contributed by atoms with Gasteiger partial charge < -0.3 is 4.43 Å². The smallest absolute Gasteiger partial charge is 0.255 e. The fraction of sp³-hybridized carbons (Fsp3) is 0.462. The van der Waals surface area contributed by atoms with Crippen LogP contribution in [0.5, 0.6) is 0 Å². The van der Waals surface area contributed by atoms with Crippen LogP contribution in [0.3, 0.4) is 0 Å². The highest BCUT2D eigenvalue weighted by molar-refractivity contribution is 6.69. The zero-order valence-corrected chi connectivity index (χ0v) is 12.6. The number of nitrogens with zero attached hydrogens (tertiary/aromatic N) is 2. The number of rotatable bonds is 5. The largest absolute Gasteiger partial charge is 0.391 e. The molecule has 0 fully saturated rings. The summed E-state index contributed by atoms with van der Waals surface area (Å²) in [6.07, 6.45) is 0. The lowest BCUT2D eigenvalue weighted by Gasteiger charge is -2.34. The summed E-state index contributed by atoms with van der Waals surface area (Å²) < 4.78 is 5.92. The first-order valence-corrected chi connectivity index (χ1v) is 9.44. The van der Waals surface area contributed by atoms with Crippen LogP contribution in [0, 0.1) is 21.4 Å². The first-order valence-electron chi connectivity index (χ1n) is 6.03. The van der Waals surface area contributed by atoms with Gasteiger partial charge in [0.25, 0.3) is 6.04 Å². The average molecular weight is 278 g/mol. The Bertz CT molecular complexity index is 493. The lowest BCUT2D eigenvalue weighted by atomic mass is 9.89. The molecule has 0 N–H and O–H groups in total. The molecule has 102 valence electrons. The van der Waals surface area contributed by atoms with Crippen molar-refractivity contribution in [3.8, 4) is 6.07 Å². The van der Waals surface area contributed by atoms with Crippen LogP contribution in [0.15, 0.2) is 30.3 Å². The highest BCUT2D eigenvalue weighted by Gasteiger charge is 2.49. The molecule has 0 aliphatic rings. The van der Waals surface area contributed by atoms with Gasteiger partial charge in [0.2, 0.25) is 5.60 Å². The van der Waals surface area contributed by atoms with Gasteiger partial charge in [-0.05, 0) is 19.6 Å². The van der Waals surface area contributed by atoms with Gasteiger partial charge in [0.1, 0.15) is 6.07 Å². The van der Waals surface area contributed by atoms with Crippen LogP contribution in [0.1, 0.15) is 12.5 Å². The van der Waals surface area contributed by atoms with Crippen LogP contribution in [0.2, 0.25) is 19.6 Å². The van der Waals surface area contributed by atoms with Gasteiger partial charge in [-0.25, -0.2) is 0 Å². The van der Waals surface area contributed by atoms with Crippen LogP contribution in [0.25, 0.3) is 0 Å². The molecule has 0 aliphatic heterocycles. The molecule has 0 heterocycles. The average Bonchev–Trinajstić information content (AvgIpc) is 2.35. The van der Waals surface area contributed by atoms with E-state index >= 15 is 0 Å². The van der Waals surface area contributed by atoms with E-state index in [0.717, 1.165) is 0 Å². The normalized spacial score (nSPS) is 16.2. The van der Waals surface area contributed by atoms with Crippen LogP contribution in [-0.4, -0.2) is 19.3 Å². The van der Waals surface area contributed by atoms with Gasteiger partial charge in [-0.2, -0.15) is 5.26 Å². The third-order valence-corrected chi connectivity index (χ3v) is 3.67. The SMILES string of the molecule is CC([N+](=O)[O-])C(C#N)(O[Si](C)(C)C)c1ccccc1. The quantitative estimate of drug-likeness (QED) is 0.471. The molecular formula is C13H18N2O3Si. The van der Waals surface area contributed by atoms with E-state index in [2.05, 4.69) is 0 Å². The molecule has 0 aromatic heterocycles. The second kappa shape index (κ2) is 5.51. The predicted octanol–water partition coefficient (Wildman–Crippen LogP) is 2.92. The summed E-state index contributed by atoms with van der Waals surface area (Å²) in [5, 5.41) is 20.7. The molecule has 19 heavy (non-hydrogen) atoms. The molecule has 0 spiro atoms. The number of hydrogen-bond acceptors (Lipinski definition) is 4. The van der Waals surface area contributed by atoms with Gasteiger partial charge in [-0.3, -0.25) is 10.1 Å². The fourth-order valence-corrected chi connectivity index (χ4v) is 3.18. The van der Waals surface area contributed by atoms with E-state index in [-0.39, 0.29) is 0 Å². The van der Waals surface area contributed by atoms with Gasteiger partial charge in [0.05, 0.1) is 0 Å². The second-order valence-corrected chi connectivity index (χ2v) is 9.82. The lowest BCUT2D eigenvalue weighted by molar-refractivity contribution is -0.537. The predicted molar refractivity (Wildman–Crippen MR) is 74.6 cm³/mol. The van der Waals surface area contributed by atoms with E-state index in [4.69, 9.17) is 4.43 Å². The molecule has 1 aromatic carbocycles. The van der Waals surface area contributed by atoms with E-state index in [9.17, 15) is 15.4 Å². The maximum Gasteiger partial charge on any atom is 0.255 e. The minimum Gasteiger partial charge on any atom is -0.391 e. The monoisotopic (exact) mass is 278 g/mol. The standard InChI is InChI=1S/C13H18N2O3Si/c1-11(15(16)17)13(10-14,18-19(2,3)4)12-8-6-5-7-9-12/h5-9,11H,1-4H3. The Morgan fingerprint density at radius 3 is 2.26 bits per heavy atom. The Kier molecular flexibility index (Phi) is 4.45. The van der Waals surface area contributed by atoms with E-state index in [1.165, 1.54) is 6.92 Å². The highest BCUT2D eigenvalue weighted by atomic mass is 28.4. The van der Waals surface area contributed by atoms with E-state index < -0.39 is 24.9 Å². The minimum absolute atomic E-state index is 0.462. The molecular weight excluding hydrogens is 260 g/mol. The van der Waals surface area contributed by atoms with Gasteiger partial charge in [-0.15, -0.1) is 0 Å². The third-order valence-electron chi connectivity index (χ3n) is 2.74. The Morgan fingerprint density at radius 2 is 1.89 bits per heavy atom. The van der Waals surface area contributed by atoms with Crippen molar-refractivity contribution in [2.75, 3.05) is 0 Å². The van der Waals surface area contributed by atoms with Crippen molar-refractivity contribution in [2.45, 2.75) is 38.2 Å². The molecule has 2 unspecified atom stereocenters. The molecule has 5 nitrogen and oxygen atoms in total. The van der Waals surface area contributed by atoms with Crippen molar-refractivity contribution >= 4 is 8.32 Å². The van der Waals surface area contributed by atoms with Crippen molar-refractivity contribution in [2.24, 2.45) is 0 Å². The van der Waals surface area contributed by atoms with Crippen LogP contribution >= 0.6 is 0 Å². The molecule has 2 atom stereocenters. The summed E-state index contributed by atoms with van der Waals surface area (Å²) >= 11 is 0. The van der Waals surface area contributed by atoms with E-state index in [1.807, 2.05) is 25.7 Å². The minimum atomic E-state index is -2.13. The first-order chi connectivity index (χ1) is 8.73. The number of benzene rings is 1. The highest BCUT2D eigenvalue weighted by Crippen LogP contribution is 2.33. The summed E-state index contributed by atoms with van der Waals surface area (Å²) in [6.45, 7) is 7.15. The molecule has 0 radical (unpaired) electrons. The summed E-state index contributed by atoms with van der Waals surface area (Å²) in [6, 6.07) is 9.61. The van der Waals surface area contributed by atoms with Crippen molar-refractivity contribution < 1.29 is 9.35 Å². The van der Waals surface area contributed by atoms with Crippen LogP contribution < -0.4 is 0 Å². The van der Waals surface area contributed by atoms with Crippen molar-refractivity contribution in [3.05, 3.63) is 46.0 Å². The molecule has 0 bridgehead atoms. The molecule has 0 amide bonds. The topological polar surface area (TPSA) is 76.2 Å². The van der Waals surface area contributed by atoms with Gasteiger partial charge in [0, 0.05) is 17.4 Å². The van der Waals surface area contributed by atoms with Crippen molar-refractivity contribution in [1.82, 2.24) is 0 Å². The molecule has 0 aliphatic carbocycles. The lowest BCUT2D eigenvalue weighted by Crippen LogP contribution is -2.49. The van der Waals surface area contributed by atoms with Crippen molar-refractivity contribution in [3.63, 3.8) is 0 Å². The zero-order valence-electron chi connectivity index (χ0n) is 11.6. The Hall–Kier alpha value is -1.71. The van der Waals surface area contributed by atoms with Gasteiger partial charge in [0.15, 0.2) is 8.32 Å².